The first kappa shape index (κ1) is 6.27. The quantitative estimate of drug-likeness (QED) is 0.484. The van der Waals surface area contributed by atoms with E-state index >= 15 is 0 Å². The Hall–Kier alpha value is -0.850. The highest BCUT2D eigenvalue weighted by Gasteiger charge is 2.03. The van der Waals surface area contributed by atoms with Gasteiger partial charge in [-0.2, -0.15) is 0 Å². The van der Waals surface area contributed by atoms with E-state index in [-0.39, 0.29) is 0 Å². The van der Waals surface area contributed by atoms with E-state index in [0.29, 0.717) is 5.92 Å². The first-order valence-electron chi connectivity index (χ1n) is 3.15. The first-order chi connectivity index (χ1) is 4.33. The molecule has 0 spiro atoms. The van der Waals surface area contributed by atoms with Crippen LogP contribution in [0.4, 0.5) is 0 Å². The zero-order valence-electron chi connectivity index (χ0n) is 5.50. The van der Waals surface area contributed by atoms with Crippen LogP contribution in [0.25, 0.3) is 0 Å². The predicted molar refractivity (Wildman–Crippen MR) is 37.1 cm³/mol. The molecule has 0 heterocycles. The lowest BCUT2D eigenvalue weighted by Crippen LogP contribution is -1.97. The highest BCUT2D eigenvalue weighted by molar-refractivity contribution is 5.74. The minimum Gasteiger partial charge on any atom is -0.298 e. The molecule has 0 unspecified atom stereocenters. The van der Waals surface area contributed by atoms with Crippen molar-refractivity contribution in [1.29, 1.82) is 0 Å². The van der Waals surface area contributed by atoms with E-state index in [9.17, 15) is 4.79 Å². The molecular formula is C8H10O. The van der Waals surface area contributed by atoms with Gasteiger partial charge in [-0.05, 0) is 17.9 Å². The number of allylic oxidation sites excluding steroid dienone is 4. The van der Waals surface area contributed by atoms with Crippen molar-refractivity contribution in [3.63, 3.8) is 0 Å². The summed E-state index contributed by atoms with van der Waals surface area (Å²) in [7, 11) is 0. The van der Waals surface area contributed by atoms with Crippen LogP contribution in [0.3, 0.4) is 0 Å². The Bertz CT molecular complexity index is 165. The Labute approximate surface area is 55.1 Å². The highest BCUT2D eigenvalue weighted by Crippen LogP contribution is 2.15. The van der Waals surface area contributed by atoms with Crippen molar-refractivity contribution >= 4 is 6.29 Å². The van der Waals surface area contributed by atoms with Gasteiger partial charge < -0.3 is 0 Å². The molecule has 1 nitrogen and oxygen atoms in total. The second-order valence-electron chi connectivity index (χ2n) is 2.43. The Balaban J connectivity index is 2.65. The molecule has 0 bridgehead atoms. The van der Waals surface area contributed by atoms with Crippen LogP contribution < -0.4 is 0 Å². The van der Waals surface area contributed by atoms with Gasteiger partial charge in [0.05, 0.1) is 0 Å². The lowest BCUT2D eigenvalue weighted by Gasteiger charge is -2.07. The summed E-state index contributed by atoms with van der Waals surface area (Å²) in [4.78, 5) is 10.2. The van der Waals surface area contributed by atoms with E-state index in [1.807, 2.05) is 12.2 Å². The highest BCUT2D eigenvalue weighted by atomic mass is 16.1. The summed E-state index contributed by atoms with van der Waals surface area (Å²) in [5.41, 5.74) is 0.907. The van der Waals surface area contributed by atoms with E-state index in [1.165, 1.54) is 0 Å². The van der Waals surface area contributed by atoms with Gasteiger partial charge in [0.15, 0.2) is 0 Å². The topological polar surface area (TPSA) is 17.1 Å². The molecule has 0 aromatic rings. The van der Waals surface area contributed by atoms with Crippen LogP contribution in [0.15, 0.2) is 23.8 Å². The molecule has 1 rings (SSSR count). The summed E-state index contributed by atoms with van der Waals surface area (Å²) < 4.78 is 0. The van der Waals surface area contributed by atoms with Crippen molar-refractivity contribution in [2.24, 2.45) is 5.92 Å². The van der Waals surface area contributed by atoms with Gasteiger partial charge in [0.25, 0.3) is 0 Å². The van der Waals surface area contributed by atoms with Crippen molar-refractivity contribution in [2.75, 3.05) is 0 Å². The molecule has 1 heteroatoms. The zero-order valence-corrected chi connectivity index (χ0v) is 5.50. The maximum absolute atomic E-state index is 10.2. The summed E-state index contributed by atoms with van der Waals surface area (Å²) in [6.45, 7) is 2.10. The van der Waals surface area contributed by atoms with Gasteiger partial charge in [-0.25, -0.2) is 0 Å². The SMILES string of the molecule is C[C@@H]1C=CC=C(C=O)C1. The Morgan fingerprint density at radius 3 is 3.00 bits per heavy atom. The van der Waals surface area contributed by atoms with E-state index in [4.69, 9.17) is 0 Å². The van der Waals surface area contributed by atoms with Gasteiger partial charge in [0.2, 0.25) is 0 Å². The van der Waals surface area contributed by atoms with Gasteiger partial charge in [0, 0.05) is 0 Å². The maximum Gasteiger partial charge on any atom is 0.146 e. The number of carbonyl (C=O) groups excluding carboxylic acids is 1. The molecule has 0 saturated heterocycles. The second kappa shape index (κ2) is 2.62. The van der Waals surface area contributed by atoms with Crippen molar-refractivity contribution < 1.29 is 4.79 Å². The normalized spacial score (nSPS) is 25.4. The number of hydrogen-bond acceptors (Lipinski definition) is 1. The zero-order chi connectivity index (χ0) is 6.69. The van der Waals surface area contributed by atoms with E-state index < -0.39 is 0 Å². The fourth-order valence-electron chi connectivity index (χ4n) is 0.964. The Morgan fingerprint density at radius 2 is 2.56 bits per heavy atom. The van der Waals surface area contributed by atoms with Gasteiger partial charge in [0.1, 0.15) is 6.29 Å². The molecule has 1 atom stereocenters. The van der Waals surface area contributed by atoms with Gasteiger partial charge >= 0.3 is 0 Å². The minimum atomic E-state index is 0.537. The number of carbonyl (C=O) groups is 1. The van der Waals surface area contributed by atoms with Crippen LogP contribution in [0.5, 0.6) is 0 Å². The molecule has 0 fully saturated rings. The molecule has 0 N–H and O–H groups in total. The molecule has 1 aliphatic rings. The molecule has 0 aliphatic heterocycles. The summed E-state index contributed by atoms with van der Waals surface area (Å²) in [6.07, 6.45) is 7.75. The molecule has 0 aromatic carbocycles. The van der Waals surface area contributed by atoms with Crippen LogP contribution >= 0.6 is 0 Å². The second-order valence-corrected chi connectivity index (χ2v) is 2.43. The number of hydrogen-bond donors (Lipinski definition) is 0. The number of rotatable bonds is 1. The number of aldehydes is 1. The Morgan fingerprint density at radius 1 is 1.78 bits per heavy atom. The molecule has 9 heavy (non-hydrogen) atoms. The molecule has 1 aliphatic carbocycles. The van der Waals surface area contributed by atoms with Gasteiger partial charge in [-0.15, -0.1) is 0 Å². The van der Waals surface area contributed by atoms with E-state index in [1.54, 1.807) is 0 Å². The van der Waals surface area contributed by atoms with Crippen molar-refractivity contribution in [2.45, 2.75) is 13.3 Å². The smallest absolute Gasteiger partial charge is 0.146 e. The molecule has 0 amide bonds. The summed E-state index contributed by atoms with van der Waals surface area (Å²) in [5, 5.41) is 0. The minimum absolute atomic E-state index is 0.537. The largest absolute Gasteiger partial charge is 0.298 e. The van der Waals surface area contributed by atoms with Crippen LogP contribution in [-0.4, -0.2) is 6.29 Å². The maximum atomic E-state index is 10.2. The van der Waals surface area contributed by atoms with Crippen molar-refractivity contribution in [1.82, 2.24) is 0 Å². The van der Waals surface area contributed by atoms with Crippen molar-refractivity contribution in [3.05, 3.63) is 23.8 Å². The van der Waals surface area contributed by atoms with Crippen molar-refractivity contribution in [3.8, 4) is 0 Å². The summed E-state index contributed by atoms with van der Waals surface area (Å²) in [6, 6.07) is 0. The molecule has 0 radical (unpaired) electrons. The standard InChI is InChI=1S/C8H10O/c1-7-3-2-4-8(5-7)6-9/h2-4,6-7H,5H2,1H3/t7-/m1/s1. The van der Waals surface area contributed by atoms with Gasteiger partial charge in [-0.1, -0.05) is 25.2 Å². The van der Waals surface area contributed by atoms with Crippen LogP contribution in [-0.2, 0) is 4.79 Å². The van der Waals surface area contributed by atoms with E-state index in [0.717, 1.165) is 18.3 Å². The molecule has 48 valence electrons. The monoisotopic (exact) mass is 122 g/mol. The van der Waals surface area contributed by atoms with Crippen LogP contribution in [0.2, 0.25) is 0 Å². The predicted octanol–water partition coefficient (Wildman–Crippen LogP) is 1.71. The lowest BCUT2D eigenvalue weighted by molar-refractivity contribution is -0.105. The third-order valence-corrected chi connectivity index (χ3v) is 1.46. The Kier molecular flexibility index (Phi) is 1.83. The average Bonchev–Trinajstić information content (AvgIpc) is 1.88. The molecule has 0 saturated carbocycles. The third-order valence-electron chi connectivity index (χ3n) is 1.46. The summed E-state index contributed by atoms with van der Waals surface area (Å²) >= 11 is 0. The summed E-state index contributed by atoms with van der Waals surface area (Å²) in [5.74, 6) is 0.537. The molecule has 0 aromatic heterocycles. The third kappa shape index (κ3) is 1.53. The first-order valence-corrected chi connectivity index (χ1v) is 3.15. The average molecular weight is 122 g/mol. The molecular weight excluding hydrogens is 112 g/mol. The van der Waals surface area contributed by atoms with Crippen LogP contribution in [0, 0.1) is 5.92 Å². The fraction of sp³-hybridized carbons (Fsp3) is 0.375. The lowest BCUT2D eigenvalue weighted by atomic mass is 9.97. The van der Waals surface area contributed by atoms with Gasteiger partial charge in [-0.3, -0.25) is 4.79 Å². The fourth-order valence-corrected chi connectivity index (χ4v) is 0.964. The van der Waals surface area contributed by atoms with Crippen LogP contribution in [0.1, 0.15) is 13.3 Å². The van der Waals surface area contributed by atoms with E-state index in [2.05, 4.69) is 13.0 Å².